The van der Waals surface area contributed by atoms with E-state index >= 15 is 0 Å². The summed E-state index contributed by atoms with van der Waals surface area (Å²) in [6.45, 7) is 7.87. The number of benzene rings is 7. The fourth-order valence-electron chi connectivity index (χ4n) is 8.04. The van der Waals surface area contributed by atoms with Crippen molar-refractivity contribution < 1.29 is 4.74 Å². The minimum Gasteiger partial charge on any atom is -0.457 e. The van der Waals surface area contributed by atoms with Gasteiger partial charge >= 0.3 is 0 Å². The molecule has 242 valence electrons. The van der Waals surface area contributed by atoms with Crippen LogP contribution in [0.4, 0.5) is 5.69 Å². The van der Waals surface area contributed by atoms with E-state index in [4.69, 9.17) is 21.3 Å². The highest BCUT2D eigenvalue weighted by Gasteiger charge is 2.51. The Morgan fingerprint density at radius 3 is 1.75 bits per heavy atom. The molecular formula is C48H29N3O. The van der Waals surface area contributed by atoms with Gasteiger partial charge in [-0.3, -0.25) is 0 Å². The summed E-state index contributed by atoms with van der Waals surface area (Å²) in [7, 11) is 0. The van der Waals surface area contributed by atoms with Crippen molar-refractivity contribution >= 4 is 5.69 Å². The number of aromatic nitrogens is 2. The Hall–Kier alpha value is -7.09. The zero-order valence-corrected chi connectivity index (χ0v) is 28.0. The fraction of sp³-hybridized carbons (Fsp3) is 0.0208. The molecule has 0 bridgehead atoms. The number of para-hydroxylation sites is 1. The smallest absolute Gasteiger partial charge is 0.187 e. The lowest BCUT2D eigenvalue weighted by Gasteiger charge is -2.39. The molecule has 7 aromatic carbocycles. The minimum absolute atomic E-state index is 0.592. The predicted octanol–water partition coefficient (Wildman–Crippen LogP) is 12.2. The van der Waals surface area contributed by atoms with E-state index in [1.165, 1.54) is 22.3 Å². The third-order valence-electron chi connectivity index (χ3n) is 10.4. The van der Waals surface area contributed by atoms with Gasteiger partial charge in [-0.2, -0.15) is 0 Å². The van der Waals surface area contributed by atoms with Crippen molar-refractivity contribution in [3.05, 3.63) is 210 Å². The van der Waals surface area contributed by atoms with Crippen molar-refractivity contribution in [2.75, 3.05) is 0 Å². The average Bonchev–Trinajstić information content (AvgIpc) is 3.51. The van der Waals surface area contributed by atoms with Crippen LogP contribution in [0, 0.1) is 6.57 Å². The summed E-state index contributed by atoms with van der Waals surface area (Å²) < 4.78 is 6.52. The molecule has 1 spiro atoms. The second kappa shape index (κ2) is 11.8. The molecule has 8 aromatic rings. The number of fused-ring (bicyclic) bond motifs is 9. The highest BCUT2D eigenvalue weighted by molar-refractivity contribution is 5.91. The summed E-state index contributed by atoms with van der Waals surface area (Å²) in [5.74, 6) is 2.30. The maximum absolute atomic E-state index is 7.87. The maximum atomic E-state index is 7.87. The molecule has 0 fully saturated rings. The van der Waals surface area contributed by atoms with Crippen LogP contribution in [0.3, 0.4) is 0 Å². The minimum atomic E-state index is -0.643. The molecule has 1 atom stereocenters. The van der Waals surface area contributed by atoms with Gasteiger partial charge in [-0.25, -0.2) is 14.8 Å². The van der Waals surface area contributed by atoms with Gasteiger partial charge < -0.3 is 4.74 Å². The average molecular weight is 664 g/mol. The van der Waals surface area contributed by atoms with Gasteiger partial charge in [-0.1, -0.05) is 146 Å². The molecule has 2 aliphatic rings. The molecule has 0 saturated carbocycles. The molecule has 52 heavy (non-hydrogen) atoms. The van der Waals surface area contributed by atoms with E-state index in [0.29, 0.717) is 11.5 Å². The summed E-state index contributed by atoms with van der Waals surface area (Å²) in [5, 5.41) is 0. The van der Waals surface area contributed by atoms with Crippen LogP contribution in [0.2, 0.25) is 0 Å². The summed E-state index contributed by atoms with van der Waals surface area (Å²) in [4.78, 5) is 13.8. The van der Waals surface area contributed by atoms with Crippen LogP contribution in [-0.4, -0.2) is 9.97 Å². The third kappa shape index (κ3) is 4.54. The molecular weight excluding hydrogens is 635 g/mol. The van der Waals surface area contributed by atoms with Gasteiger partial charge in [0.15, 0.2) is 11.5 Å². The second-order valence-corrected chi connectivity index (χ2v) is 13.2. The van der Waals surface area contributed by atoms with Crippen molar-refractivity contribution in [3.8, 4) is 67.7 Å². The first-order valence-corrected chi connectivity index (χ1v) is 17.4. The molecule has 4 heteroatoms. The van der Waals surface area contributed by atoms with Gasteiger partial charge in [0.2, 0.25) is 0 Å². The summed E-state index contributed by atoms with van der Waals surface area (Å²) in [6.07, 6.45) is 0. The van der Waals surface area contributed by atoms with Crippen molar-refractivity contribution in [2.24, 2.45) is 0 Å². The highest BCUT2D eigenvalue weighted by Crippen LogP contribution is 2.62. The number of nitrogens with zero attached hydrogens (tertiary/aromatic N) is 3. The Kier molecular flexibility index (Phi) is 6.74. The van der Waals surface area contributed by atoms with E-state index < -0.39 is 5.41 Å². The molecule has 0 N–H and O–H groups in total. The predicted molar refractivity (Wildman–Crippen MR) is 207 cm³/mol. The Morgan fingerprint density at radius 1 is 0.423 bits per heavy atom. The van der Waals surface area contributed by atoms with Gasteiger partial charge in [-0.05, 0) is 63.7 Å². The Morgan fingerprint density at radius 2 is 1.00 bits per heavy atom. The molecule has 1 aliphatic carbocycles. The first-order valence-electron chi connectivity index (χ1n) is 17.4. The molecule has 0 radical (unpaired) electrons. The van der Waals surface area contributed by atoms with Crippen LogP contribution in [-0.2, 0) is 5.41 Å². The van der Waals surface area contributed by atoms with Crippen molar-refractivity contribution in [3.63, 3.8) is 0 Å². The largest absolute Gasteiger partial charge is 0.457 e. The first-order chi connectivity index (χ1) is 25.7. The normalized spacial score (nSPS) is 14.8. The van der Waals surface area contributed by atoms with Crippen molar-refractivity contribution in [2.45, 2.75) is 5.41 Å². The second-order valence-electron chi connectivity index (χ2n) is 13.2. The number of hydrogen-bond donors (Lipinski definition) is 0. The molecule has 2 heterocycles. The number of hydrogen-bond acceptors (Lipinski definition) is 3. The lowest BCUT2D eigenvalue weighted by molar-refractivity contribution is 0.436. The Bertz CT molecular complexity index is 2660. The standard InChI is InChI=1S/C48H29N3O/c1-49-36-25-27-46-42(29-36)48(40-18-10-11-19-45(40)52-46)39-17-9-8-16-37(39)38-26-24-35(28-41(38)48)31-20-22-33(23-21-31)44-30-43(32-12-4-2-5-13-32)50-47(51-44)34-14-6-3-7-15-34/h2-30H. The summed E-state index contributed by atoms with van der Waals surface area (Å²) >= 11 is 0. The molecule has 0 amide bonds. The lowest BCUT2D eigenvalue weighted by Crippen LogP contribution is -2.32. The third-order valence-corrected chi connectivity index (χ3v) is 10.4. The van der Waals surface area contributed by atoms with E-state index in [0.717, 1.165) is 61.8 Å². The Balaban J connectivity index is 1.12. The van der Waals surface area contributed by atoms with Crippen LogP contribution in [0.1, 0.15) is 22.3 Å². The molecule has 1 aliphatic heterocycles. The van der Waals surface area contributed by atoms with Gasteiger partial charge in [0.1, 0.15) is 11.5 Å². The summed E-state index contributed by atoms with van der Waals surface area (Å²) in [6, 6.07) is 60.7. The number of rotatable bonds is 4. The van der Waals surface area contributed by atoms with E-state index in [9.17, 15) is 0 Å². The van der Waals surface area contributed by atoms with Crippen LogP contribution in [0.15, 0.2) is 176 Å². The molecule has 1 aromatic heterocycles. The SMILES string of the molecule is [C-]#[N+]c1ccc2c(c1)C1(c3ccccc3O2)c2ccccc2-c2ccc(-c3ccc(-c4cc(-c5ccccc5)nc(-c5ccccc5)n4)cc3)cc21. The fourth-order valence-corrected chi connectivity index (χ4v) is 8.04. The van der Waals surface area contributed by atoms with Crippen molar-refractivity contribution in [1.29, 1.82) is 0 Å². The topological polar surface area (TPSA) is 39.4 Å². The van der Waals surface area contributed by atoms with E-state index in [2.05, 4.69) is 102 Å². The maximum Gasteiger partial charge on any atom is 0.187 e. The molecule has 10 rings (SSSR count). The lowest BCUT2D eigenvalue weighted by atomic mass is 9.66. The molecule has 4 nitrogen and oxygen atoms in total. The Labute approximate surface area is 302 Å². The van der Waals surface area contributed by atoms with E-state index in [-0.39, 0.29) is 0 Å². The highest BCUT2D eigenvalue weighted by atomic mass is 16.5. The van der Waals surface area contributed by atoms with E-state index in [1.807, 2.05) is 78.9 Å². The van der Waals surface area contributed by atoms with Crippen LogP contribution in [0.5, 0.6) is 11.5 Å². The summed E-state index contributed by atoms with van der Waals surface area (Å²) in [5.41, 5.74) is 13.8. The van der Waals surface area contributed by atoms with Crippen LogP contribution < -0.4 is 4.74 Å². The van der Waals surface area contributed by atoms with E-state index in [1.54, 1.807) is 0 Å². The first kappa shape index (κ1) is 29.8. The number of ether oxygens (including phenoxy) is 1. The van der Waals surface area contributed by atoms with Gasteiger partial charge in [-0.15, -0.1) is 0 Å². The van der Waals surface area contributed by atoms with Crippen molar-refractivity contribution in [1.82, 2.24) is 9.97 Å². The monoisotopic (exact) mass is 663 g/mol. The van der Waals surface area contributed by atoms with Gasteiger partial charge in [0, 0.05) is 27.8 Å². The van der Waals surface area contributed by atoms with Gasteiger partial charge in [0.05, 0.1) is 23.4 Å². The molecule has 0 saturated heterocycles. The zero-order chi connectivity index (χ0) is 34.6. The molecule has 1 unspecified atom stereocenters. The quantitative estimate of drug-likeness (QED) is 0.176. The van der Waals surface area contributed by atoms with Gasteiger partial charge in [0.25, 0.3) is 0 Å². The van der Waals surface area contributed by atoms with Crippen LogP contribution in [0.25, 0.3) is 61.0 Å². The van der Waals surface area contributed by atoms with Crippen LogP contribution >= 0.6 is 0 Å². The zero-order valence-electron chi connectivity index (χ0n) is 28.0.